The number of halogens is 2. The van der Waals surface area contributed by atoms with Crippen LogP contribution in [0.2, 0.25) is 0 Å². The van der Waals surface area contributed by atoms with Crippen molar-refractivity contribution in [3.8, 4) is 11.5 Å². The molecule has 30 heavy (non-hydrogen) atoms. The van der Waals surface area contributed by atoms with E-state index in [0.29, 0.717) is 13.0 Å². The van der Waals surface area contributed by atoms with E-state index in [1.165, 1.54) is 12.1 Å². The monoisotopic (exact) mass is 468 g/mol. The molecule has 0 unspecified atom stereocenters. The molecule has 3 aromatic carbocycles. The van der Waals surface area contributed by atoms with Crippen LogP contribution in [0.15, 0.2) is 76.2 Å². The maximum atomic E-state index is 13.4. The number of nitrogens with zero attached hydrogens (tertiary/aromatic N) is 1. The molecule has 1 aliphatic heterocycles. The number of aliphatic imine (C=N–C) groups is 1. The van der Waals surface area contributed by atoms with Crippen LogP contribution < -0.4 is 10.1 Å². The predicted octanol–water partition coefficient (Wildman–Crippen LogP) is 5.92. The molecule has 0 saturated carbocycles. The van der Waals surface area contributed by atoms with Crippen molar-refractivity contribution in [3.63, 3.8) is 0 Å². The van der Waals surface area contributed by atoms with Crippen molar-refractivity contribution in [2.24, 2.45) is 4.99 Å². The Labute approximate surface area is 183 Å². The molecule has 0 spiro atoms. The number of hydrogen-bond acceptors (Lipinski definition) is 4. The normalized spacial score (nSPS) is 18.7. The summed E-state index contributed by atoms with van der Waals surface area (Å²) in [7, 11) is 0. The van der Waals surface area contributed by atoms with Gasteiger partial charge in [0.2, 0.25) is 0 Å². The maximum Gasteiger partial charge on any atom is 0.126 e. The van der Waals surface area contributed by atoms with Crippen LogP contribution in [0.1, 0.15) is 42.2 Å². The Hall–Kier alpha value is -2.70. The molecule has 0 aromatic heterocycles. The Morgan fingerprint density at radius 1 is 1.10 bits per heavy atom. The summed E-state index contributed by atoms with van der Waals surface area (Å²) in [6.45, 7) is 2.56. The molecule has 154 valence electrons. The molecular weight excluding hydrogens is 447 g/mol. The first-order chi connectivity index (χ1) is 14.5. The van der Waals surface area contributed by atoms with E-state index in [1.54, 1.807) is 24.3 Å². The first kappa shape index (κ1) is 20.6. The van der Waals surface area contributed by atoms with Gasteiger partial charge in [0.1, 0.15) is 23.5 Å². The van der Waals surface area contributed by atoms with Crippen molar-refractivity contribution in [3.05, 3.63) is 93.7 Å². The topological polar surface area (TPSA) is 53.8 Å². The molecule has 0 saturated heterocycles. The number of rotatable bonds is 5. The molecule has 1 heterocycles. The quantitative estimate of drug-likeness (QED) is 0.488. The van der Waals surface area contributed by atoms with Crippen LogP contribution in [-0.4, -0.2) is 17.4 Å². The highest BCUT2D eigenvalue weighted by molar-refractivity contribution is 9.10. The van der Waals surface area contributed by atoms with Gasteiger partial charge in [0.25, 0.3) is 0 Å². The summed E-state index contributed by atoms with van der Waals surface area (Å²) in [4.78, 5) is 4.90. The summed E-state index contributed by atoms with van der Waals surface area (Å²) in [6, 6.07) is 19.4. The summed E-state index contributed by atoms with van der Waals surface area (Å²) in [5, 5.41) is 14.0. The molecule has 2 atom stereocenters. The van der Waals surface area contributed by atoms with E-state index in [1.807, 2.05) is 37.3 Å². The van der Waals surface area contributed by atoms with Crippen LogP contribution in [0.4, 0.5) is 4.39 Å². The van der Waals surface area contributed by atoms with Crippen LogP contribution in [0.5, 0.6) is 11.5 Å². The van der Waals surface area contributed by atoms with Gasteiger partial charge in [-0.3, -0.25) is 10.3 Å². The predicted molar refractivity (Wildman–Crippen MR) is 120 cm³/mol. The van der Waals surface area contributed by atoms with Gasteiger partial charge in [-0.05, 0) is 72.6 Å². The van der Waals surface area contributed by atoms with Gasteiger partial charge in [0.15, 0.2) is 0 Å². The van der Waals surface area contributed by atoms with Crippen LogP contribution in [0.3, 0.4) is 0 Å². The minimum absolute atomic E-state index is 0.156. The van der Waals surface area contributed by atoms with E-state index >= 15 is 0 Å². The maximum absolute atomic E-state index is 13.4. The molecule has 6 heteroatoms. The largest absolute Gasteiger partial charge is 0.508 e. The highest BCUT2D eigenvalue weighted by atomic mass is 79.9. The van der Waals surface area contributed by atoms with Crippen molar-refractivity contribution in [1.82, 2.24) is 5.32 Å². The number of ether oxygens (including phenoxy) is 1. The van der Waals surface area contributed by atoms with Crippen molar-refractivity contribution >= 4 is 21.6 Å². The fraction of sp³-hybridized carbons (Fsp3) is 0.208. The minimum Gasteiger partial charge on any atom is -0.508 e. The molecule has 3 aromatic rings. The summed E-state index contributed by atoms with van der Waals surface area (Å²) >= 11 is 3.49. The van der Waals surface area contributed by atoms with E-state index in [2.05, 4.69) is 21.2 Å². The minimum atomic E-state index is -0.357. The van der Waals surface area contributed by atoms with Gasteiger partial charge in [-0.2, -0.15) is 0 Å². The molecule has 1 aliphatic rings. The van der Waals surface area contributed by atoms with E-state index in [0.717, 1.165) is 32.6 Å². The van der Waals surface area contributed by atoms with E-state index < -0.39 is 0 Å². The molecule has 4 rings (SSSR count). The Kier molecular flexibility index (Phi) is 6.16. The number of phenolic OH excluding ortho intramolecular Hbond substituents is 1. The number of nitrogens with one attached hydrogen (secondary N) is 1. The lowest BCUT2D eigenvalue weighted by molar-refractivity contribution is 0.340. The summed E-state index contributed by atoms with van der Waals surface area (Å²) in [6.07, 6.45) is 0.250. The van der Waals surface area contributed by atoms with Gasteiger partial charge in [-0.25, -0.2) is 4.39 Å². The molecule has 0 bridgehead atoms. The Morgan fingerprint density at radius 2 is 1.83 bits per heavy atom. The van der Waals surface area contributed by atoms with Crippen LogP contribution in [0.25, 0.3) is 0 Å². The summed E-state index contributed by atoms with van der Waals surface area (Å²) in [5.41, 5.74) is 3.55. The molecule has 0 fully saturated rings. The van der Waals surface area contributed by atoms with Gasteiger partial charge < -0.3 is 9.84 Å². The lowest BCUT2D eigenvalue weighted by Crippen LogP contribution is -2.33. The van der Waals surface area contributed by atoms with Gasteiger partial charge in [-0.1, -0.05) is 28.1 Å². The second-order valence-electron chi connectivity index (χ2n) is 7.11. The second kappa shape index (κ2) is 8.98. The van der Waals surface area contributed by atoms with Gasteiger partial charge >= 0.3 is 0 Å². The smallest absolute Gasteiger partial charge is 0.126 e. The van der Waals surface area contributed by atoms with Gasteiger partial charge in [-0.15, -0.1) is 0 Å². The summed E-state index contributed by atoms with van der Waals surface area (Å²) < 4.78 is 19.9. The third-order valence-corrected chi connectivity index (χ3v) is 5.58. The summed E-state index contributed by atoms with van der Waals surface area (Å²) in [5.74, 6) is 0.750. The Bertz CT molecular complexity index is 1050. The fourth-order valence-corrected chi connectivity index (χ4v) is 3.99. The highest BCUT2D eigenvalue weighted by Gasteiger charge is 2.28. The van der Waals surface area contributed by atoms with Crippen LogP contribution in [-0.2, 0) is 0 Å². The number of aromatic hydroxyl groups is 1. The van der Waals surface area contributed by atoms with Gasteiger partial charge in [0, 0.05) is 28.2 Å². The standard InChI is InChI=1S/C24H22BrFN2O2/c1-2-30-19-10-5-15(6-11-19)21-14-22(20-13-17(25)7-12-23(20)29)28-24(27-21)16-3-8-18(26)9-4-16/h3-13,22,24,28-29H,2,14H2,1H3/t22-,24+/m1/s1. The number of hydrogen-bond donors (Lipinski definition) is 2. The molecule has 0 radical (unpaired) electrons. The molecule has 0 aliphatic carbocycles. The van der Waals surface area contributed by atoms with Crippen molar-refractivity contribution < 1.29 is 14.2 Å². The Balaban J connectivity index is 1.72. The fourth-order valence-electron chi connectivity index (χ4n) is 3.61. The first-order valence-electron chi connectivity index (χ1n) is 9.83. The zero-order chi connectivity index (χ0) is 21.1. The third-order valence-electron chi connectivity index (χ3n) is 5.09. The van der Waals surface area contributed by atoms with E-state index in [-0.39, 0.29) is 23.8 Å². The van der Waals surface area contributed by atoms with Crippen molar-refractivity contribution in [2.75, 3.05) is 6.61 Å². The van der Waals surface area contributed by atoms with Crippen LogP contribution in [0, 0.1) is 5.82 Å². The number of phenols is 1. The first-order valence-corrected chi connectivity index (χ1v) is 10.6. The molecule has 4 nitrogen and oxygen atoms in total. The lowest BCUT2D eigenvalue weighted by atomic mass is 9.93. The number of benzene rings is 3. The Morgan fingerprint density at radius 3 is 2.53 bits per heavy atom. The average molecular weight is 469 g/mol. The lowest BCUT2D eigenvalue weighted by Gasteiger charge is -2.31. The van der Waals surface area contributed by atoms with Gasteiger partial charge in [0.05, 0.1) is 6.61 Å². The van der Waals surface area contributed by atoms with Crippen LogP contribution >= 0.6 is 15.9 Å². The van der Waals surface area contributed by atoms with E-state index in [4.69, 9.17) is 9.73 Å². The zero-order valence-electron chi connectivity index (χ0n) is 16.5. The second-order valence-corrected chi connectivity index (χ2v) is 8.03. The highest BCUT2D eigenvalue weighted by Crippen LogP contribution is 2.36. The molecule has 2 N–H and O–H groups in total. The average Bonchev–Trinajstić information content (AvgIpc) is 2.76. The van der Waals surface area contributed by atoms with Crippen molar-refractivity contribution in [2.45, 2.75) is 25.6 Å². The zero-order valence-corrected chi connectivity index (χ0v) is 18.1. The SMILES string of the molecule is CCOc1ccc(C2=N[C@H](c3ccc(F)cc3)N[C@@H](c3cc(Br)ccc3O)C2)cc1. The molecular formula is C24H22BrFN2O2. The third kappa shape index (κ3) is 4.55. The molecule has 0 amide bonds. The van der Waals surface area contributed by atoms with Crippen molar-refractivity contribution in [1.29, 1.82) is 0 Å². The van der Waals surface area contributed by atoms with E-state index in [9.17, 15) is 9.50 Å².